The monoisotopic (exact) mass is 273 g/mol. The van der Waals surface area contributed by atoms with Crippen LogP contribution in [0.25, 0.3) is 10.9 Å². The van der Waals surface area contributed by atoms with Gasteiger partial charge in [0.1, 0.15) is 5.75 Å². The van der Waals surface area contributed by atoms with Crippen molar-refractivity contribution in [2.24, 2.45) is 0 Å². The molecule has 0 radical (unpaired) electrons. The van der Waals surface area contributed by atoms with Crippen molar-refractivity contribution in [3.05, 3.63) is 30.5 Å². The van der Waals surface area contributed by atoms with Crippen LogP contribution in [0.2, 0.25) is 0 Å². The van der Waals surface area contributed by atoms with E-state index in [0.717, 1.165) is 48.5 Å². The zero-order chi connectivity index (χ0) is 14.4. The van der Waals surface area contributed by atoms with E-state index in [4.69, 9.17) is 4.74 Å². The third-order valence-corrected chi connectivity index (χ3v) is 3.59. The molecule has 2 aromatic rings. The minimum atomic E-state index is 0.859. The lowest BCUT2D eigenvalue weighted by molar-refractivity contribution is 0.316. The maximum absolute atomic E-state index is 5.29. The highest BCUT2D eigenvalue weighted by molar-refractivity contribution is 5.92. The molecule has 0 unspecified atom stereocenters. The molecule has 0 aliphatic rings. The van der Waals surface area contributed by atoms with Gasteiger partial charge in [0.25, 0.3) is 0 Å². The Morgan fingerprint density at radius 1 is 1.20 bits per heavy atom. The Labute approximate surface area is 120 Å². The average Bonchev–Trinajstić information content (AvgIpc) is 2.51. The van der Waals surface area contributed by atoms with Gasteiger partial charge in [0.2, 0.25) is 0 Å². The average molecular weight is 273 g/mol. The molecule has 0 bridgehead atoms. The summed E-state index contributed by atoms with van der Waals surface area (Å²) in [6.45, 7) is 8.53. The molecular formula is C16H23N3O. The van der Waals surface area contributed by atoms with Crippen LogP contribution in [0, 0.1) is 0 Å². The second-order valence-corrected chi connectivity index (χ2v) is 4.70. The molecule has 0 fully saturated rings. The van der Waals surface area contributed by atoms with Gasteiger partial charge in [-0.1, -0.05) is 13.8 Å². The summed E-state index contributed by atoms with van der Waals surface area (Å²) in [6, 6.07) is 7.98. The molecular weight excluding hydrogens is 250 g/mol. The van der Waals surface area contributed by atoms with E-state index in [1.54, 1.807) is 7.11 Å². The second-order valence-electron chi connectivity index (χ2n) is 4.70. The van der Waals surface area contributed by atoms with Gasteiger partial charge in [-0.2, -0.15) is 0 Å². The number of benzene rings is 1. The molecule has 20 heavy (non-hydrogen) atoms. The SMILES string of the molecule is CCN(CC)CCNc1ccnc2ccc(OC)cc12. The van der Waals surface area contributed by atoms with Crippen molar-refractivity contribution in [1.29, 1.82) is 0 Å². The van der Waals surface area contributed by atoms with Gasteiger partial charge in [-0.15, -0.1) is 0 Å². The first kappa shape index (κ1) is 14.6. The van der Waals surface area contributed by atoms with E-state index < -0.39 is 0 Å². The quantitative estimate of drug-likeness (QED) is 0.841. The predicted octanol–water partition coefficient (Wildman–Crippen LogP) is 3.00. The fourth-order valence-corrected chi connectivity index (χ4v) is 2.29. The number of pyridine rings is 1. The topological polar surface area (TPSA) is 37.4 Å². The van der Waals surface area contributed by atoms with Crippen LogP contribution in [0.5, 0.6) is 5.75 Å². The van der Waals surface area contributed by atoms with Crippen LogP contribution >= 0.6 is 0 Å². The summed E-state index contributed by atoms with van der Waals surface area (Å²) in [5.41, 5.74) is 2.10. The lowest BCUT2D eigenvalue weighted by Gasteiger charge is -2.19. The number of hydrogen-bond donors (Lipinski definition) is 1. The number of nitrogens with one attached hydrogen (secondary N) is 1. The molecule has 2 rings (SSSR count). The van der Waals surface area contributed by atoms with Crippen molar-refractivity contribution in [2.75, 3.05) is 38.6 Å². The summed E-state index contributed by atoms with van der Waals surface area (Å²) in [5, 5.41) is 4.60. The predicted molar refractivity (Wildman–Crippen MR) is 84.6 cm³/mol. The molecule has 1 aromatic heterocycles. The van der Waals surface area contributed by atoms with Gasteiger partial charge in [0, 0.05) is 30.4 Å². The molecule has 1 heterocycles. The smallest absolute Gasteiger partial charge is 0.119 e. The lowest BCUT2D eigenvalue weighted by Crippen LogP contribution is -2.28. The summed E-state index contributed by atoms with van der Waals surface area (Å²) in [7, 11) is 1.69. The molecule has 4 heteroatoms. The van der Waals surface area contributed by atoms with E-state index >= 15 is 0 Å². The summed E-state index contributed by atoms with van der Waals surface area (Å²) in [4.78, 5) is 6.79. The van der Waals surface area contributed by atoms with Gasteiger partial charge in [-0.25, -0.2) is 0 Å². The summed E-state index contributed by atoms with van der Waals surface area (Å²) in [6.07, 6.45) is 1.84. The molecule has 1 N–H and O–H groups in total. The first-order chi connectivity index (χ1) is 9.78. The Kier molecular flexibility index (Phi) is 5.18. The molecule has 0 aliphatic carbocycles. The van der Waals surface area contributed by atoms with Crippen molar-refractivity contribution < 1.29 is 4.74 Å². The van der Waals surface area contributed by atoms with Crippen LogP contribution in [0.4, 0.5) is 5.69 Å². The lowest BCUT2D eigenvalue weighted by atomic mass is 10.2. The maximum atomic E-state index is 5.29. The van der Waals surface area contributed by atoms with Crippen molar-refractivity contribution >= 4 is 16.6 Å². The standard InChI is InChI=1S/C16H23N3O/c1-4-19(5-2)11-10-18-16-8-9-17-15-7-6-13(20-3)12-14(15)16/h6-9,12H,4-5,10-11H2,1-3H3,(H,17,18). The van der Waals surface area contributed by atoms with Crippen LogP contribution < -0.4 is 10.1 Å². The number of fused-ring (bicyclic) bond motifs is 1. The largest absolute Gasteiger partial charge is 0.497 e. The number of rotatable bonds is 7. The molecule has 0 amide bonds. The fourth-order valence-electron chi connectivity index (χ4n) is 2.29. The molecule has 0 spiro atoms. The van der Waals surface area contributed by atoms with E-state index in [1.165, 1.54) is 0 Å². The maximum Gasteiger partial charge on any atom is 0.119 e. The van der Waals surface area contributed by atoms with Gasteiger partial charge in [0.15, 0.2) is 0 Å². The third-order valence-electron chi connectivity index (χ3n) is 3.59. The van der Waals surface area contributed by atoms with Gasteiger partial charge >= 0.3 is 0 Å². The summed E-state index contributed by atoms with van der Waals surface area (Å²) < 4.78 is 5.29. The zero-order valence-electron chi connectivity index (χ0n) is 12.5. The molecule has 0 saturated carbocycles. The molecule has 1 aromatic carbocycles. The second kappa shape index (κ2) is 7.10. The van der Waals surface area contributed by atoms with E-state index in [-0.39, 0.29) is 0 Å². The molecule has 0 aliphatic heterocycles. The highest BCUT2D eigenvalue weighted by atomic mass is 16.5. The first-order valence-corrected chi connectivity index (χ1v) is 7.17. The Morgan fingerprint density at radius 3 is 2.70 bits per heavy atom. The Balaban J connectivity index is 2.13. The Bertz CT molecular complexity index is 552. The number of nitrogens with zero attached hydrogens (tertiary/aromatic N) is 2. The number of anilines is 1. The number of aromatic nitrogens is 1. The fraction of sp³-hybridized carbons (Fsp3) is 0.438. The molecule has 0 saturated heterocycles. The minimum Gasteiger partial charge on any atom is -0.497 e. The van der Waals surface area contributed by atoms with Gasteiger partial charge < -0.3 is 15.0 Å². The van der Waals surface area contributed by atoms with Gasteiger partial charge in [-0.3, -0.25) is 4.98 Å². The number of methoxy groups -OCH3 is 1. The first-order valence-electron chi connectivity index (χ1n) is 7.17. The van der Waals surface area contributed by atoms with Crippen molar-refractivity contribution in [2.45, 2.75) is 13.8 Å². The minimum absolute atomic E-state index is 0.859. The van der Waals surface area contributed by atoms with E-state index in [2.05, 4.69) is 29.0 Å². The number of ether oxygens (including phenoxy) is 1. The normalized spacial score (nSPS) is 11.0. The summed E-state index contributed by atoms with van der Waals surface area (Å²) >= 11 is 0. The van der Waals surface area contributed by atoms with Crippen molar-refractivity contribution in [3.8, 4) is 5.75 Å². The number of hydrogen-bond acceptors (Lipinski definition) is 4. The Hall–Kier alpha value is -1.81. The van der Waals surface area contributed by atoms with Gasteiger partial charge in [-0.05, 0) is 37.4 Å². The van der Waals surface area contributed by atoms with Crippen molar-refractivity contribution in [3.63, 3.8) is 0 Å². The highest BCUT2D eigenvalue weighted by Crippen LogP contribution is 2.25. The molecule has 108 valence electrons. The molecule has 4 nitrogen and oxygen atoms in total. The van der Waals surface area contributed by atoms with Crippen LogP contribution in [-0.4, -0.2) is 43.2 Å². The Morgan fingerprint density at radius 2 is 2.00 bits per heavy atom. The molecule has 0 atom stereocenters. The van der Waals surface area contributed by atoms with E-state index in [1.807, 2.05) is 30.5 Å². The third kappa shape index (κ3) is 3.39. The zero-order valence-corrected chi connectivity index (χ0v) is 12.5. The van der Waals surface area contributed by atoms with Crippen LogP contribution in [0.1, 0.15) is 13.8 Å². The summed E-state index contributed by atoms with van der Waals surface area (Å²) in [5.74, 6) is 0.859. The van der Waals surface area contributed by atoms with Crippen molar-refractivity contribution in [1.82, 2.24) is 9.88 Å². The van der Waals surface area contributed by atoms with Crippen LogP contribution in [0.3, 0.4) is 0 Å². The van der Waals surface area contributed by atoms with E-state index in [0.29, 0.717) is 0 Å². The highest BCUT2D eigenvalue weighted by Gasteiger charge is 2.04. The van der Waals surface area contributed by atoms with E-state index in [9.17, 15) is 0 Å². The van der Waals surface area contributed by atoms with Gasteiger partial charge in [0.05, 0.1) is 12.6 Å². The number of likely N-dealkylation sites (N-methyl/N-ethyl adjacent to an activating group) is 1. The van der Waals surface area contributed by atoms with Crippen LogP contribution in [0.15, 0.2) is 30.5 Å². The van der Waals surface area contributed by atoms with Crippen LogP contribution in [-0.2, 0) is 0 Å².